The van der Waals surface area contributed by atoms with Crippen LogP contribution in [-0.4, -0.2) is 70.4 Å². The lowest BCUT2D eigenvalue weighted by Gasteiger charge is -2.38. The van der Waals surface area contributed by atoms with Crippen LogP contribution in [0, 0.1) is 0 Å². The molecular weight excluding hydrogens is 334 g/mol. The van der Waals surface area contributed by atoms with Crippen molar-refractivity contribution >= 4 is 17.6 Å². The maximum atomic E-state index is 12.1. The quantitative estimate of drug-likeness (QED) is 0.816. The molecule has 2 aromatic heterocycles. The molecule has 0 aliphatic carbocycles. The molecule has 2 fully saturated rings. The standard InChI is InChI=1S/C18H25N5O3/c1-18(2,3)26-17(24)23-10-13(11-23)14-12-22-5-4-19-15(16(22)20-14)21-6-8-25-9-7-21/h4-5,12-13H,6-11H2,1-3H3. The Balaban J connectivity index is 1.48. The Hall–Kier alpha value is -2.35. The van der Waals surface area contributed by atoms with Gasteiger partial charge in [-0.2, -0.15) is 0 Å². The zero-order valence-electron chi connectivity index (χ0n) is 15.5. The number of aromatic nitrogens is 3. The first-order valence-electron chi connectivity index (χ1n) is 9.05. The number of amides is 1. The monoisotopic (exact) mass is 359 g/mol. The summed E-state index contributed by atoms with van der Waals surface area (Å²) >= 11 is 0. The molecule has 8 nitrogen and oxygen atoms in total. The van der Waals surface area contributed by atoms with Gasteiger partial charge >= 0.3 is 6.09 Å². The van der Waals surface area contributed by atoms with Crippen LogP contribution in [-0.2, 0) is 9.47 Å². The predicted octanol–water partition coefficient (Wildman–Crippen LogP) is 1.90. The molecule has 0 radical (unpaired) electrons. The Morgan fingerprint density at radius 3 is 2.69 bits per heavy atom. The fourth-order valence-electron chi connectivity index (χ4n) is 3.26. The topological polar surface area (TPSA) is 72.2 Å². The van der Waals surface area contributed by atoms with Gasteiger partial charge in [-0.15, -0.1) is 0 Å². The van der Waals surface area contributed by atoms with Gasteiger partial charge in [-0.1, -0.05) is 0 Å². The molecule has 140 valence electrons. The number of likely N-dealkylation sites (tertiary alicyclic amines) is 1. The molecule has 0 spiro atoms. The van der Waals surface area contributed by atoms with Crippen LogP contribution in [0.2, 0.25) is 0 Å². The Morgan fingerprint density at radius 1 is 1.27 bits per heavy atom. The molecule has 0 atom stereocenters. The lowest BCUT2D eigenvalue weighted by Crippen LogP contribution is -2.50. The van der Waals surface area contributed by atoms with E-state index in [0.29, 0.717) is 26.3 Å². The Kier molecular flexibility index (Phi) is 4.22. The van der Waals surface area contributed by atoms with E-state index in [1.54, 1.807) is 11.1 Å². The number of fused-ring (bicyclic) bond motifs is 1. The molecule has 0 aromatic carbocycles. The highest BCUT2D eigenvalue weighted by Crippen LogP contribution is 2.29. The summed E-state index contributed by atoms with van der Waals surface area (Å²) in [7, 11) is 0. The minimum atomic E-state index is -0.468. The Bertz CT molecular complexity index is 801. The zero-order valence-corrected chi connectivity index (χ0v) is 15.5. The smallest absolute Gasteiger partial charge is 0.410 e. The van der Waals surface area contributed by atoms with Crippen molar-refractivity contribution in [3.05, 3.63) is 24.3 Å². The molecule has 2 aliphatic rings. The second-order valence-electron chi connectivity index (χ2n) is 7.83. The van der Waals surface area contributed by atoms with Crippen molar-refractivity contribution in [3.63, 3.8) is 0 Å². The van der Waals surface area contributed by atoms with Crippen LogP contribution < -0.4 is 4.90 Å². The van der Waals surface area contributed by atoms with E-state index >= 15 is 0 Å². The van der Waals surface area contributed by atoms with Crippen molar-refractivity contribution in [1.29, 1.82) is 0 Å². The fraction of sp³-hybridized carbons (Fsp3) is 0.611. The summed E-state index contributed by atoms with van der Waals surface area (Å²) < 4.78 is 12.9. The Morgan fingerprint density at radius 2 is 2.00 bits per heavy atom. The van der Waals surface area contributed by atoms with Crippen LogP contribution in [0.15, 0.2) is 18.6 Å². The van der Waals surface area contributed by atoms with E-state index < -0.39 is 5.60 Å². The number of morpholine rings is 1. The molecule has 4 rings (SSSR count). The first-order chi connectivity index (χ1) is 12.4. The molecule has 2 aliphatic heterocycles. The lowest BCUT2D eigenvalue weighted by atomic mass is 9.98. The number of hydrogen-bond donors (Lipinski definition) is 0. The molecule has 8 heteroatoms. The summed E-state index contributed by atoms with van der Waals surface area (Å²) in [6.45, 7) is 9.99. The highest BCUT2D eigenvalue weighted by atomic mass is 16.6. The number of carbonyl (C=O) groups excluding carboxylic acids is 1. The second-order valence-corrected chi connectivity index (χ2v) is 7.83. The highest BCUT2D eigenvalue weighted by molar-refractivity contribution is 5.70. The SMILES string of the molecule is CC(C)(C)OC(=O)N1CC(c2cn3ccnc(N4CCOCC4)c3n2)C1. The molecule has 0 N–H and O–H groups in total. The van der Waals surface area contributed by atoms with Gasteiger partial charge in [-0.25, -0.2) is 14.8 Å². The van der Waals surface area contributed by atoms with Gasteiger partial charge in [0.2, 0.25) is 0 Å². The van der Waals surface area contributed by atoms with E-state index in [0.717, 1.165) is 30.2 Å². The summed E-state index contributed by atoms with van der Waals surface area (Å²) in [5, 5.41) is 0. The van der Waals surface area contributed by atoms with Crippen molar-refractivity contribution in [2.75, 3.05) is 44.3 Å². The molecule has 2 aromatic rings. The van der Waals surface area contributed by atoms with Gasteiger partial charge in [-0.3, -0.25) is 0 Å². The third kappa shape index (κ3) is 3.33. The minimum absolute atomic E-state index is 0.236. The predicted molar refractivity (Wildman–Crippen MR) is 96.6 cm³/mol. The molecule has 0 saturated carbocycles. The van der Waals surface area contributed by atoms with Crippen LogP contribution in [0.5, 0.6) is 0 Å². The van der Waals surface area contributed by atoms with Gasteiger partial charge in [0.05, 0.1) is 18.9 Å². The second kappa shape index (κ2) is 6.42. The van der Waals surface area contributed by atoms with Gasteiger partial charge in [0.1, 0.15) is 5.60 Å². The molecule has 0 unspecified atom stereocenters. The van der Waals surface area contributed by atoms with Gasteiger partial charge in [0.25, 0.3) is 0 Å². The summed E-state index contributed by atoms with van der Waals surface area (Å²) in [6.07, 6.45) is 5.50. The van der Waals surface area contributed by atoms with E-state index in [4.69, 9.17) is 14.5 Å². The van der Waals surface area contributed by atoms with E-state index in [-0.39, 0.29) is 12.0 Å². The Labute approximate surface area is 152 Å². The lowest BCUT2D eigenvalue weighted by molar-refractivity contribution is 0.00791. The first kappa shape index (κ1) is 17.1. The number of rotatable bonds is 2. The maximum absolute atomic E-state index is 12.1. The largest absolute Gasteiger partial charge is 0.444 e. The van der Waals surface area contributed by atoms with Crippen LogP contribution in [0.4, 0.5) is 10.6 Å². The van der Waals surface area contributed by atoms with Crippen molar-refractivity contribution in [2.24, 2.45) is 0 Å². The number of carbonyl (C=O) groups is 1. The van der Waals surface area contributed by atoms with Crippen molar-refractivity contribution in [3.8, 4) is 0 Å². The average molecular weight is 359 g/mol. The van der Waals surface area contributed by atoms with E-state index in [9.17, 15) is 4.79 Å². The normalized spacial score (nSPS) is 18.9. The van der Waals surface area contributed by atoms with Crippen LogP contribution >= 0.6 is 0 Å². The summed E-state index contributed by atoms with van der Waals surface area (Å²) in [5.41, 5.74) is 1.39. The zero-order chi connectivity index (χ0) is 18.3. The van der Waals surface area contributed by atoms with Crippen molar-refractivity contribution in [2.45, 2.75) is 32.3 Å². The third-order valence-electron chi connectivity index (χ3n) is 4.64. The number of ether oxygens (including phenoxy) is 2. The summed E-state index contributed by atoms with van der Waals surface area (Å²) in [6, 6.07) is 0. The molecule has 2 saturated heterocycles. The molecule has 26 heavy (non-hydrogen) atoms. The molecule has 1 amide bonds. The van der Waals surface area contributed by atoms with E-state index in [2.05, 4.69) is 9.88 Å². The maximum Gasteiger partial charge on any atom is 0.410 e. The van der Waals surface area contributed by atoms with Crippen molar-refractivity contribution < 1.29 is 14.3 Å². The van der Waals surface area contributed by atoms with E-state index in [1.165, 1.54) is 0 Å². The van der Waals surface area contributed by atoms with Gasteiger partial charge in [0.15, 0.2) is 11.5 Å². The third-order valence-corrected chi connectivity index (χ3v) is 4.64. The number of anilines is 1. The molecule has 4 heterocycles. The number of nitrogens with zero attached hydrogens (tertiary/aromatic N) is 5. The van der Waals surface area contributed by atoms with E-state index in [1.807, 2.05) is 37.6 Å². The number of imidazole rings is 1. The van der Waals surface area contributed by atoms with Crippen molar-refractivity contribution in [1.82, 2.24) is 19.3 Å². The number of hydrogen-bond acceptors (Lipinski definition) is 6. The van der Waals surface area contributed by atoms with Crippen LogP contribution in [0.3, 0.4) is 0 Å². The molecule has 0 bridgehead atoms. The van der Waals surface area contributed by atoms with Gasteiger partial charge in [-0.05, 0) is 20.8 Å². The summed E-state index contributed by atoms with van der Waals surface area (Å²) in [4.78, 5) is 25.4. The summed E-state index contributed by atoms with van der Waals surface area (Å²) in [5.74, 6) is 1.13. The first-order valence-corrected chi connectivity index (χ1v) is 9.05. The van der Waals surface area contributed by atoms with Gasteiger partial charge < -0.3 is 23.7 Å². The van der Waals surface area contributed by atoms with Crippen LogP contribution in [0.25, 0.3) is 5.65 Å². The highest BCUT2D eigenvalue weighted by Gasteiger charge is 2.36. The average Bonchev–Trinajstić information content (AvgIpc) is 2.96. The fourth-order valence-corrected chi connectivity index (χ4v) is 3.26. The van der Waals surface area contributed by atoms with Crippen LogP contribution in [0.1, 0.15) is 32.4 Å². The minimum Gasteiger partial charge on any atom is -0.444 e. The molecular formula is C18H25N5O3. The van der Waals surface area contributed by atoms with Gasteiger partial charge in [0, 0.05) is 50.7 Å².